The maximum Gasteiger partial charge on any atom is 0.329 e. The fourth-order valence-corrected chi connectivity index (χ4v) is 1.98. The zero-order valence-electron chi connectivity index (χ0n) is 10.6. The van der Waals surface area contributed by atoms with E-state index in [9.17, 15) is 9.59 Å². The molecule has 1 aromatic carbocycles. The van der Waals surface area contributed by atoms with Gasteiger partial charge in [-0.25, -0.2) is 4.79 Å². The standard InChI is InChI=1S/C14H17NO3/c1-14(2)8-11(15-13(14)17)12(16)18-9-10-6-4-3-5-7-10/h3-7,11H,8-9H2,1-2H3,(H,15,17)/t11-/m0/s1. The lowest BCUT2D eigenvalue weighted by molar-refractivity contribution is -0.147. The van der Waals surface area contributed by atoms with Crippen LogP contribution < -0.4 is 5.32 Å². The van der Waals surface area contributed by atoms with Crippen LogP contribution in [-0.4, -0.2) is 17.9 Å². The number of hydrogen-bond donors (Lipinski definition) is 1. The lowest BCUT2D eigenvalue weighted by Gasteiger charge is -2.12. The third-order valence-electron chi connectivity index (χ3n) is 3.14. The minimum absolute atomic E-state index is 0.0934. The first-order chi connectivity index (χ1) is 8.49. The van der Waals surface area contributed by atoms with E-state index in [1.54, 1.807) is 0 Å². The van der Waals surface area contributed by atoms with Gasteiger partial charge in [0.25, 0.3) is 0 Å². The van der Waals surface area contributed by atoms with Crippen molar-refractivity contribution in [2.75, 3.05) is 0 Å². The van der Waals surface area contributed by atoms with Crippen molar-refractivity contribution in [3.05, 3.63) is 35.9 Å². The second-order valence-electron chi connectivity index (χ2n) is 5.21. The molecule has 0 radical (unpaired) electrons. The quantitative estimate of drug-likeness (QED) is 0.826. The van der Waals surface area contributed by atoms with E-state index in [1.165, 1.54) is 0 Å². The number of nitrogens with one attached hydrogen (secondary N) is 1. The normalized spacial score (nSPS) is 21.4. The summed E-state index contributed by atoms with van der Waals surface area (Å²) in [6, 6.07) is 8.96. The van der Waals surface area contributed by atoms with Gasteiger partial charge in [0.05, 0.1) is 0 Å². The summed E-state index contributed by atoms with van der Waals surface area (Å²) in [5.74, 6) is -0.457. The van der Waals surface area contributed by atoms with Crippen molar-refractivity contribution in [2.45, 2.75) is 32.9 Å². The van der Waals surface area contributed by atoms with Crippen molar-refractivity contribution in [3.63, 3.8) is 0 Å². The number of carbonyl (C=O) groups excluding carboxylic acids is 2. The van der Waals surface area contributed by atoms with Gasteiger partial charge >= 0.3 is 5.97 Å². The van der Waals surface area contributed by atoms with Gasteiger partial charge in [-0.1, -0.05) is 44.2 Å². The van der Waals surface area contributed by atoms with Crippen molar-refractivity contribution in [1.29, 1.82) is 0 Å². The Balaban J connectivity index is 1.89. The molecule has 1 N–H and O–H groups in total. The van der Waals surface area contributed by atoms with Crippen LogP contribution in [0.15, 0.2) is 30.3 Å². The van der Waals surface area contributed by atoms with Crippen molar-refractivity contribution < 1.29 is 14.3 Å². The molecule has 0 aliphatic carbocycles. The van der Waals surface area contributed by atoms with Gasteiger partial charge in [0.2, 0.25) is 5.91 Å². The first-order valence-electron chi connectivity index (χ1n) is 6.00. The Morgan fingerprint density at radius 3 is 2.61 bits per heavy atom. The zero-order chi connectivity index (χ0) is 13.2. The van der Waals surface area contributed by atoms with Crippen LogP contribution in [0, 0.1) is 5.41 Å². The van der Waals surface area contributed by atoms with E-state index in [0.717, 1.165) is 5.56 Å². The average Bonchev–Trinajstić information content (AvgIpc) is 2.62. The molecule has 1 fully saturated rings. The number of rotatable bonds is 3. The first kappa shape index (κ1) is 12.6. The zero-order valence-corrected chi connectivity index (χ0v) is 10.6. The summed E-state index contributed by atoms with van der Waals surface area (Å²) in [7, 11) is 0. The van der Waals surface area contributed by atoms with Crippen LogP contribution in [0.3, 0.4) is 0 Å². The van der Waals surface area contributed by atoms with Gasteiger partial charge in [-0.15, -0.1) is 0 Å². The van der Waals surface area contributed by atoms with E-state index >= 15 is 0 Å². The largest absolute Gasteiger partial charge is 0.459 e. The molecular weight excluding hydrogens is 230 g/mol. The molecule has 1 heterocycles. The summed E-state index contributed by atoms with van der Waals surface area (Å²) in [6.45, 7) is 3.89. The highest BCUT2D eigenvalue weighted by atomic mass is 16.5. The summed E-state index contributed by atoms with van der Waals surface area (Å²) in [5, 5.41) is 2.67. The molecule has 1 aliphatic rings. The second-order valence-corrected chi connectivity index (χ2v) is 5.21. The van der Waals surface area contributed by atoms with Crippen LogP contribution in [0.5, 0.6) is 0 Å². The molecule has 0 spiro atoms. The molecule has 18 heavy (non-hydrogen) atoms. The average molecular weight is 247 g/mol. The van der Waals surface area contributed by atoms with Crippen LogP contribution >= 0.6 is 0 Å². The highest BCUT2D eigenvalue weighted by molar-refractivity contribution is 5.91. The van der Waals surface area contributed by atoms with E-state index in [-0.39, 0.29) is 18.5 Å². The van der Waals surface area contributed by atoms with Gasteiger partial charge in [0.1, 0.15) is 12.6 Å². The molecule has 0 aromatic heterocycles. The fourth-order valence-electron chi connectivity index (χ4n) is 1.98. The van der Waals surface area contributed by atoms with Crippen molar-refractivity contribution >= 4 is 11.9 Å². The topological polar surface area (TPSA) is 55.4 Å². The van der Waals surface area contributed by atoms with Crippen LogP contribution in [0.1, 0.15) is 25.8 Å². The molecule has 0 unspecified atom stereocenters. The van der Waals surface area contributed by atoms with Gasteiger partial charge in [-0.05, 0) is 12.0 Å². The Morgan fingerprint density at radius 1 is 1.39 bits per heavy atom. The van der Waals surface area contributed by atoms with Crippen LogP contribution in [0.2, 0.25) is 0 Å². The summed E-state index contributed by atoms with van der Waals surface area (Å²) in [6.07, 6.45) is 0.486. The molecule has 1 aromatic rings. The summed E-state index contributed by atoms with van der Waals surface area (Å²) in [4.78, 5) is 23.4. The molecule has 0 bridgehead atoms. The highest BCUT2D eigenvalue weighted by Gasteiger charge is 2.42. The van der Waals surface area contributed by atoms with Crippen LogP contribution in [0.4, 0.5) is 0 Å². The molecular formula is C14H17NO3. The Kier molecular flexibility index (Phi) is 3.36. The number of hydrogen-bond acceptors (Lipinski definition) is 3. The molecule has 1 saturated heterocycles. The van der Waals surface area contributed by atoms with E-state index in [4.69, 9.17) is 4.74 Å². The van der Waals surface area contributed by atoms with E-state index in [1.807, 2.05) is 44.2 Å². The Hall–Kier alpha value is -1.84. The Morgan fingerprint density at radius 2 is 2.06 bits per heavy atom. The third-order valence-corrected chi connectivity index (χ3v) is 3.14. The summed E-state index contributed by atoms with van der Waals surface area (Å²) >= 11 is 0. The number of carbonyl (C=O) groups is 2. The monoisotopic (exact) mass is 247 g/mol. The lowest BCUT2D eigenvalue weighted by atomic mass is 9.90. The Labute approximate surface area is 106 Å². The van der Waals surface area contributed by atoms with Gasteiger partial charge in [-0.2, -0.15) is 0 Å². The number of ether oxygens (including phenoxy) is 1. The summed E-state index contributed by atoms with van der Waals surface area (Å²) in [5.41, 5.74) is 0.450. The molecule has 4 nitrogen and oxygen atoms in total. The van der Waals surface area contributed by atoms with E-state index < -0.39 is 11.5 Å². The lowest BCUT2D eigenvalue weighted by Crippen LogP contribution is -2.35. The van der Waals surface area contributed by atoms with Crippen molar-refractivity contribution in [1.82, 2.24) is 5.32 Å². The highest BCUT2D eigenvalue weighted by Crippen LogP contribution is 2.29. The second kappa shape index (κ2) is 4.80. The molecule has 1 atom stereocenters. The van der Waals surface area contributed by atoms with Crippen molar-refractivity contribution in [2.24, 2.45) is 5.41 Å². The van der Waals surface area contributed by atoms with E-state index in [2.05, 4.69) is 5.32 Å². The van der Waals surface area contributed by atoms with Gasteiger partial charge < -0.3 is 10.1 Å². The minimum Gasteiger partial charge on any atom is -0.459 e. The number of esters is 1. The third kappa shape index (κ3) is 2.70. The minimum atomic E-state index is -0.517. The Bertz CT molecular complexity index is 453. The van der Waals surface area contributed by atoms with Gasteiger partial charge in [-0.3, -0.25) is 4.79 Å². The number of amides is 1. The predicted molar refractivity (Wildman–Crippen MR) is 66.6 cm³/mol. The molecule has 0 saturated carbocycles. The molecule has 1 aliphatic heterocycles. The molecule has 1 amide bonds. The van der Waals surface area contributed by atoms with E-state index in [0.29, 0.717) is 6.42 Å². The van der Waals surface area contributed by atoms with Gasteiger partial charge in [0.15, 0.2) is 0 Å². The maximum atomic E-state index is 11.8. The number of benzene rings is 1. The molecule has 2 rings (SSSR count). The molecule has 4 heteroatoms. The maximum absolute atomic E-state index is 11.8. The SMILES string of the molecule is CC1(C)C[C@@H](C(=O)OCc2ccccc2)NC1=O. The smallest absolute Gasteiger partial charge is 0.329 e. The van der Waals surface area contributed by atoms with Gasteiger partial charge in [0, 0.05) is 5.41 Å². The fraction of sp³-hybridized carbons (Fsp3) is 0.429. The first-order valence-corrected chi connectivity index (χ1v) is 6.00. The predicted octanol–water partition coefficient (Wildman–Crippen LogP) is 1.64. The molecule has 96 valence electrons. The van der Waals surface area contributed by atoms with Crippen molar-refractivity contribution in [3.8, 4) is 0 Å². The summed E-state index contributed by atoms with van der Waals surface area (Å²) < 4.78 is 5.20. The van der Waals surface area contributed by atoms with Crippen LogP contribution in [0.25, 0.3) is 0 Å². The van der Waals surface area contributed by atoms with Crippen LogP contribution in [-0.2, 0) is 20.9 Å².